The Balaban J connectivity index is 2.47. The van der Waals surface area contributed by atoms with Crippen molar-refractivity contribution in [1.29, 1.82) is 0 Å². The van der Waals surface area contributed by atoms with E-state index in [-0.39, 0.29) is 23.3 Å². The van der Waals surface area contributed by atoms with Gasteiger partial charge in [0.2, 0.25) is 47.3 Å². The van der Waals surface area contributed by atoms with Crippen LogP contribution in [0.1, 0.15) is 63.0 Å². The van der Waals surface area contributed by atoms with Crippen LogP contribution in [0, 0.1) is 0 Å². The third-order valence-corrected chi connectivity index (χ3v) is 11.5. The Labute approximate surface area is 462 Å². The van der Waals surface area contributed by atoms with Gasteiger partial charge in [-0.3, -0.25) is 72.1 Å². The summed E-state index contributed by atoms with van der Waals surface area (Å²) < 4.78 is 15.9. The fourth-order valence-electron chi connectivity index (χ4n) is 6.98. The van der Waals surface area contributed by atoms with Crippen LogP contribution < -0.4 is 52.8 Å². The van der Waals surface area contributed by atoms with Gasteiger partial charge in [-0.1, -0.05) is 24.3 Å². The molecule has 35 nitrogen and oxygen atoms in total. The quantitative estimate of drug-likeness (QED) is 0.0283. The van der Waals surface area contributed by atoms with Gasteiger partial charge < -0.3 is 93.6 Å². The molecule has 8 amide bonds. The Morgan fingerprint density at radius 2 is 0.890 bits per heavy atom. The number of hydrogen-bond donors (Lipinski definition) is 19. The van der Waals surface area contributed by atoms with Gasteiger partial charge in [-0.15, -0.1) is 0 Å². The highest BCUT2D eigenvalue weighted by Crippen LogP contribution is 2.37. The largest absolute Gasteiger partial charge is 0.524 e. The van der Waals surface area contributed by atoms with E-state index in [1.165, 1.54) is 24.3 Å². The minimum absolute atomic E-state index is 0.0181. The molecule has 0 heterocycles. The first-order valence-electron chi connectivity index (χ1n) is 23.9. The van der Waals surface area contributed by atoms with E-state index in [0.717, 1.165) is 31.2 Å². The molecule has 20 N–H and O–H groups in total. The van der Waals surface area contributed by atoms with Gasteiger partial charge in [0.25, 0.3) is 0 Å². The van der Waals surface area contributed by atoms with E-state index >= 15 is 0 Å². The lowest BCUT2D eigenvalue weighted by molar-refractivity contribution is -0.144. The average Bonchev–Trinajstić information content (AvgIpc) is 3.40. The maximum absolute atomic E-state index is 14.1. The van der Waals surface area contributed by atoms with Gasteiger partial charge in [-0.05, 0) is 55.2 Å². The van der Waals surface area contributed by atoms with Crippen molar-refractivity contribution in [2.75, 3.05) is 6.54 Å². The van der Waals surface area contributed by atoms with E-state index in [9.17, 15) is 112 Å². The molecule has 0 fully saturated rings. The van der Waals surface area contributed by atoms with Crippen LogP contribution in [0.3, 0.4) is 0 Å². The molecule has 0 bridgehead atoms. The van der Waals surface area contributed by atoms with E-state index in [0.29, 0.717) is 0 Å². The number of hydrogen-bond acceptors (Lipinski definition) is 19. The fraction of sp³-hybridized carbons (Fsp3) is 0.435. The molecule has 36 heteroatoms. The van der Waals surface area contributed by atoms with Gasteiger partial charge in [-0.2, -0.15) is 0 Å². The lowest BCUT2D eigenvalue weighted by atomic mass is 10.0. The summed E-state index contributed by atoms with van der Waals surface area (Å²) in [5.74, 6) is -21.2. The first kappa shape index (κ1) is 68.8. The van der Waals surface area contributed by atoms with Gasteiger partial charge in [0.05, 0.1) is 38.0 Å². The number of carboxylic acid groups (broad SMARTS) is 6. The summed E-state index contributed by atoms with van der Waals surface area (Å²) in [7, 11) is -5.11. The molecule has 9 atom stereocenters. The molecule has 0 aromatic heterocycles. The number of nitrogens with one attached hydrogen (secondary N) is 8. The Kier molecular flexibility index (Phi) is 27.4. The van der Waals surface area contributed by atoms with Crippen LogP contribution in [-0.4, -0.2) is 195 Å². The molecule has 0 saturated heterocycles. The summed E-state index contributed by atoms with van der Waals surface area (Å²) >= 11 is 0. The summed E-state index contributed by atoms with van der Waals surface area (Å²) in [5, 5.41) is 93.0. The summed E-state index contributed by atoms with van der Waals surface area (Å²) in [4.78, 5) is 195. The van der Waals surface area contributed by atoms with Crippen molar-refractivity contribution in [1.82, 2.24) is 42.5 Å². The van der Waals surface area contributed by atoms with Crippen LogP contribution in [0.15, 0.2) is 48.5 Å². The number of phenolic OH excluding ortho intramolecular Hbond substituents is 1. The van der Waals surface area contributed by atoms with E-state index in [1.54, 1.807) is 0 Å². The predicted octanol–water partition coefficient (Wildman–Crippen LogP) is -5.89. The van der Waals surface area contributed by atoms with Crippen molar-refractivity contribution in [3.05, 3.63) is 59.7 Å². The number of carboxylic acids is 6. The van der Waals surface area contributed by atoms with Crippen molar-refractivity contribution in [2.45, 2.75) is 119 Å². The zero-order chi connectivity index (χ0) is 62.2. The minimum Gasteiger partial charge on any atom is -0.508 e. The van der Waals surface area contributed by atoms with E-state index in [4.69, 9.17) is 15.9 Å². The fourth-order valence-corrected chi connectivity index (χ4v) is 7.38. The van der Waals surface area contributed by atoms with Crippen molar-refractivity contribution in [2.24, 2.45) is 5.73 Å². The molecule has 2 aromatic carbocycles. The minimum atomic E-state index is -5.11. The molecule has 450 valence electrons. The summed E-state index contributed by atoms with van der Waals surface area (Å²) in [5.41, 5.74) is 5.94. The van der Waals surface area contributed by atoms with E-state index in [2.05, 4.69) is 25.8 Å². The van der Waals surface area contributed by atoms with Crippen molar-refractivity contribution >= 4 is 90.9 Å². The molecule has 0 aliphatic heterocycles. The highest BCUT2D eigenvalue weighted by Gasteiger charge is 2.37. The smallest absolute Gasteiger partial charge is 0.508 e. The predicted molar refractivity (Wildman–Crippen MR) is 269 cm³/mol. The van der Waals surface area contributed by atoms with Crippen molar-refractivity contribution < 1.29 is 127 Å². The van der Waals surface area contributed by atoms with Crippen molar-refractivity contribution in [3.8, 4) is 11.5 Å². The average molecular weight is 1190 g/mol. The molecule has 0 radical (unpaired) electrons. The number of carbonyl (C=O) groups is 14. The number of aromatic hydroxyl groups is 1. The number of benzene rings is 2. The third kappa shape index (κ3) is 26.1. The zero-order valence-corrected chi connectivity index (χ0v) is 43.8. The van der Waals surface area contributed by atoms with Gasteiger partial charge in [0.15, 0.2) is 0 Å². The molecule has 0 aliphatic carbocycles. The van der Waals surface area contributed by atoms with Crippen LogP contribution in [0.25, 0.3) is 0 Å². The van der Waals surface area contributed by atoms with Crippen LogP contribution in [-0.2, 0) is 84.5 Å². The number of aliphatic carboxylic acids is 6. The number of aliphatic hydroxyl groups excluding tert-OH is 1. The van der Waals surface area contributed by atoms with Crippen LogP contribution in [0.2, 0.25) is 0 Å². The summed E-state index contributed by atoms with van der Waals surface area (Å²) in [6.45, 7) is -0.178. The molecular weight excluding hydrogens is 1130 g/mol. The second kappa shape index (κ2) is 32.7. The number of nitrogens with two attached hydrogens (primary N) is 1. The number of carbonyl (C=O) groups excluding carboxylic acids is 8. The number of phosphoric ester groups is 1. The van der Waals surface area contributed by atoms with Crippen molar-refractivity contribution in [3.63, 3.8) is 0 Å². The van der Waals surface area contributed by atoms with Gasteiger partial charge in [0.1, 0.15) is 53.8 Å². The van der Waals surface area contributed by atoms with Crippen LogP contribution in [0.4, 0.5) is 0 Å². The number of amides is 8. The molecule has 82 heavy (non-hydrogen) atoms. The molecule has 0 unspecified atom stereocenters. The number of rotatable bonds is 36. The van der Waals surface area contributed by atoms with Gasteiger partial charge in [0, 0.05) is 25.7 Å². The Morgan fingerprint density at radius 3 is 1.33 bits per heavy atom. The second-order valence-electron chi connectivity index (χ2n) is 17.8. The Bertz CT molecular complexity index is 2740. The molecular formula is C46H60N9O26P. The summed E-state index contributed by atoms with van der Waals surface area (Å²) in [6.07, 6.45) is -9.16. The molecule has 0 spiro atoms. The maximum Gasteiger partial charge on any atom is 0.524 e. The zero-order valence-electron chi connectivity index (χ0n) is 42.9. The highest BCUT2D eigenvalue weighted by molar-refractivity contribution is 7.46. The number of phenols is 1. The Morgan fingerprint density at radius 1 is 0.500 bits per heavy atom. The molecule has 2 aromatic rings. The molecule has 2 rings (SSSR count). The van der Waals surface area contributed by atoms with Crippen LogP contribution >= 0.6 is 7.82 Å². The Hall–Kier alpha value is -9.31. The van der Waals surface area contributed by atoms with E-state index in [1.807, 2.05) is 21.3 Å². The topological polar surface area (TPSA) is 590 Å². The monoisotopic (exact) mass is 1190 g/mol. The van der Waals surface area contributed by atoms with Crippen LogP contribution in [0.5, 0.6) is 11.5 Å². The number of phosphoric acid groups is 1. The van der Waals surface area contributed by atoms with E-state index < -0.39 is 209 Å². The summed E-state index contributed by atoms with van der Waals surface area (Å²) in [6, 6.07) is -6.36. The number of aliphatic hydroxyl groups is 1. The first-order valence-corrected chi connectivity index (χ1v) is 25.4. The normalized spacial score (nSPS) is 14.3. The lowest BCUT2D eigenvalue weighted by Crippen LogP contribution is -2.62. The first-order chi connectivity index (χ1) is 38.1. The lowest BCUT2D eigenvalue weighted by Gasteiger charge is -2.28. The maximum atomic E-state index is 14.1. The molecule has 0 aliphatic rings. The second-order valence-corrected chi connectivity index (χ2v) is 18.9. The van der Waals surface area contributed by atoms with Gasteiger partial charge >= 0.3 is 43.6 Å². The highest BCUT2D eigenvalue weighted by atomic mass is 31.2. The van der Waals surface area contributed by atoms with Gasteiger partial charge in [-0.25, -0.2) is 9.36 Å². The third-order valence-electron chi connectivity index (χ3n) is 11.0. The SMILES string of the molecule is C[C@@H](O)[C@H](NC(=O)[C@H](CC(=O)O)NC(=O)[C@H](CC(=O)O)NC(=O)[C@@H](N)CCC(=O)O)C(=O)N[C@@H](Cc1ccc(OP(=O)(O)O)cc1)C(=O)N[C@@H](CC(=O)O)C(=O)NCC(=O)N[C@@H](Cc1ccc(O)cc1)C(=O)N[C@@H](CCC(=O)O)C(=O)O. The standard InChI is InChI=1S/C46H60N9O26P/c1-20(56)38(55-44(74)31(18-37(67)68)53-43(73)30(17-36(65)66)51-39(69)25(47)10-12-33(59)60)45(75)54-28(15-22-4-8-24(9-5-22)81-82(78,79)80)42(72)52-29(16-35(63)64)40(70)48-19-32(58)49-27(14-21-2-6-23(57)7-3-21)41(71)50-26(46(76)77)11-13-34(61)62/h2-9,20,25-31,38,56-57H,10-19,47H2,1H3,(H,48,70)(H,49,58)(H,50,71)(H,51,69)(H,52,72)(H,53,73)(H,54,75)(H,55,74)(H,59,60)(H,61,62)(H,63,64)(H,65,66)(H,67,68)(H,76,77)(H2,78,79,80)/t20-,25+,26+,27+,28+,29+,30+,31+,38+/m1/s1. The molecule has 0 saturated carbocycles.